The van der Waals surface area contributed by atoms with Gasteiger partial charge in [0.1, 0.15) is 12.4 Å². The highest BCUT2D eigenvalue weighted by atomic mass is 32.2. The lowest BCUT2D eigenvalue weighted by Crippen LogP contribution is -2.30. The second-order valence-electron chi connectivity index (χ2n) is 8.01. The van der Waals surface area contributed by atoms with Crippen LogP contribution in [-0.4, -0.2) is 21.1 Å². The van der Waals surface area contributed by atoms with Crippen LogP contribution in [0.5, 0.6) is 0 Å². The molecular weight excluding hydrogens is 443 g/mol. The SMILES string of the molecule is O=C(NCC1CCCc2cc(S(=O)(=O)Nc3cccc(F)c3)ccc21)OCc1ccccc1. The molecule has 1 atom stereocenters. The fraction of sp³-hybridized carbons (Fsp3) is 0.240. The third kappa shape index (κ3) is 5.90. The first-order chi connectivity index (χ1) is 15.9. The lowest BCUT2D eigenvalue weighted by molar-refractivity contribution is 0.139. The molecule has 0 spiro atoms. The van der Waals surface area contributed by atoms with Crippen LogP contribution in [0.1, 0.15) is 35.4 Å². The second-order valence-corrected chi connectivity index (χ2v) is 9.69. The number of amides is 1. The molecule has 0 bridgehead atoms. The number of anilines is 1. The number of sulfonamides is 1. The van der Waals surface area contributed by atoms with Crippen LogP contribution in [0, 0.1) is 5.82 Å². The molecule has 0 radical (unpaired) electrons. The van der Waals surface area contributed by atoms with Gasteiger partial charge in [-0.05, 0) is 66.3 Å². The molecule has 1 unspecified atom stereocenters. The number of hydrogen-bond acceptors (Lipinski definition) is 4. The Bertz CT molecular complexity index is 1230. The van der Waals surface area contributed by atoms with E-state index in [4.69, 9.17) is 4.74 Å². The maximum Gasteiger partial charge on any atom is 0.407 e. The summed E-state index contributed by atoms with van der Waals surface area (Å²) in [7, 11) is -3.85. The molecule has 3 aromatic carbocycles. The Morgan fingerprint density at radius 2 is 1.85 bits per heavy atom. The van der Waals surface area contributed by atoms with Crippen molar-refractivity contribution in [2.24, 2.45) is 0 Å². The van der Waals surface area contributed by atoms with Crippen LogP contribution >= 0.6 is 0 Å². The molecule has 0 saturated carbocycles. The lowest BCUT2D eigenvalue weighted by atomic mass is 9.83. The fourth-order valence-corrected chi connectivity index (χ4v) is 5.12. The zero-order valence-electron chi connectivity index (χ0n) is 18.0. The van der Waals surface area contributed by atoms with Crippen molar-refractivity contribution in [3.05, 3.63) is 95.3 Å². The average Bonchev–Trinajstić information content (AvgIpc) is 2.81. The van der Waals surface area contributed by atoms with Gasteiger partial charge in [-0.2, -0.15) is 0 Å². The summed E-state index contributed by atoms with van der Waals surface area (Å²) in [5, 5.41) is 2.82. The minimum atomic E-state index is -3.85. The third-order valence-electron chi connectivity index (χ3n) is 5.65. The zero-order valence-corrected chi connectivity index (χ0v) is 18.8. The van der Waals surface area contributed by atoms with Crippen molar-refractivity contribution in [2.75, 3.05) is 11.3 Å². The second kappa shape index (κ2) is 10.0. The smallest absolute Gasteiger partial charge is 0.407 e. The van der Waals surface area contributed by atoms with Gasteiger partial charge in [0, 0.05) is 12.5 Å². The minimum Gasteiger partial charge on any atom is -0.445 e. The van der Waals surface area contributed by atoms with Gasteiger partial charge in [-0.1, -0.05) is 42.5 Å². The Morgan fingerprint density at radius 3 is 2.64 bits per heavy atom. The summed E-state index contributed by atoms with van der Waals surface area (Å²) in [6.07, 6.45) is 2.05. The molecular formula is C25H25FN2O4S. The molecule has 1 amide bonds. The molecule has 2 N–H and O–H groups in total. The van der Waals surface area contributed by atoms with Gasteiger partial charge in [0.2, 0.25) is 0 Å². The number of hydrogen-bond donors (Lipinski definition) is 2. The monoisotopic (exact) mass is 468 g/mol. The number of rotatable bonds is 7. The predicted molar refractivity (Wildman–Crippen MR) is 124 cm³/mol. The molecule has 1 aliphatic rings. The number of carbonyl (C=O) groups is 1. The Balaban J connectivity index is 1.40. The Hall–Kier alpha value is -3.39. The topological polar surface area (TPSA) is 84.5 Å². The maximum atomic E-state index is 13.4. The van der Waals surface area contributed by atoms with E-state index >= 15 is 0 Å². The predicted octanol–water partition coefficient (Wildman–Crippen LogP) is 4.97. The van der Waals surface area contributed by atoms with E-state index in [1.165, 1.54) is 18.2 Å². The maximum absolute atomic E-state index is 13.4. The van der Waals surface area contributed by atoms with Crippen LogP contribution in [-0.2, 0) is 27.8 Å². The normalized spacial score (nSPS) is 15.4. The van der Waals surface area contributed by atoms with Crippen molar-refractivity contribution in [3.63, 3.8) is 0 Å². The van der Waals surface area contributed by atoms with Crippen molar-refractivity contribution in [2.45, 2.75) is 36.7 Å². The van der Waals surface area contributed by atoms with Crippen molar-refractivity contribution in [1.82, 2.24) is 5.32 Å². The number of aryl methyl sites for hydroxylation is 1. The number of alkyl carbamates (subject to hydrolysis) is 1. The number of fused-ring (bicyclic) bond motifs is 1. The largest absolute Gasteiger partial charge is 0.445 e. The number of halogens is 1. The molecule has 0 saturated heterocycles. The number of carbonyl (C=O) groups excluding carboxylic acids is 1. The summed E-state index contributed by atoms with van der Waals surface area (Å²) >= 11 is 0. The van der Waals surface area contributed by atoms with E-state index in [9.17, 15) is 17.6 Å². The van der Waals surface area contributed by atoms with E-state index in [1.54, 1.807) is 18.2 Å². The first kappa shape index (κ1) is 22.8. The quantitative estimate of drug-likeness (QED) is 0.513. The van der Waals surface area contributed by atoms with Crippen molar-refractivity contribution < 1.29 is 22.3 Å². The summed E-state index contributed by atoms with van der Waals surface area (Å²) in [6.45, 7) is 0.613. The van der Waals surface area contributed by atoms with Crippen molar-refractivity contribution in [3.8, 4) is 0 Å². The summed E-state index contributed by atoms with van der Waals surface area (Å²) in [5.74, 6) is -0.441. The highest BCUT2D eigenvalue weighted by Gasteiger charge is 2.24. The van der Waals surface area contributed by atoms with Gasteiger partial charge in [-0.3, -0.25) is 4.72 Å². The number of ether oxygens (including phenoxy) is 1. The average molecular weight is 469 g/mol. The van der Waals surface area contributed by atoms with Crippen molar-refractivity contribution in [1.29, 1.82) is 0 Å². The Labute approximate surface area is 192 Å². The summed E-state index contributed by atoms with van der Waals surface area (Å²) in [5.41, 5.74) is 3.04. The molecule has 8 heteroatoms. The van der Waals surface area contributed by atoms with Crippen LogP contribution in [0.2, 0.25) is 0 Å². The Kier molecular flexibility index (Phi) is 6.93. The highest BCUT2D eigenvalue weighted by Crippen LogP contribution is 2.33. The summed E-state index contributed by atoms with van der Waals surface area (Å²) < 4.78 is 46.6. The molecule has 6 nitrogen and oxygen atoms in total. The van der Waals surface area contributed by atoms with Gasteiger partial charge in [-0.15, -0.1) is 0 Å². The first-order valence-electron chi connectivity index (χ1n) is 10.8. The van der Waals surface area contributed by atoms with Gasteiger partial charge in [0.05, 0.1) is 10.6 Å². The van der Waals surface area contributed by atoms with Gasteiger partial charge >= 0.3 is 6.09 Å². The fourth-order valence-electron chi connectivity index (χ4n) is 4.02. The third-order valence-corrected chi connectivity index (χ3v) is 7.02. The molecule has 1 aliphatic carbocycles. The van der Waals surface area contributed by atoms with Gasteiger partial charge in [0.25, 0.3) is 10.0 Å². The van der Waals surface area contributed by atoms with Crippen molar-refractivity contribution >= 4 is 21.8 Å². The van der Waals surface area contributed by atoms with Crippen LogP contribution in [0.4, 0.5) is 14.9 Å². The van der Waals surface area contributed by atoms with Crippen LogP contribution < -0.4 is 10.0 Å². The lowest BCUT2D eigenvalue weighted by Gasteiger charge is -2.26. The molecule has 3 aromatic rings. The van der Waals surface area contributed by atoms with Gasteiger partial charge in [0.15, 0.2) is 0 Å². The van der Waals surface area contributed by atoms with E-state index in [0.717, 1.165) is 42.0 Å². The van der Waals surface area contributed by atoms with E-state index in [1.807, 2.05) is 30.3 Å². The van der Waals surface area contributed by atoms with E-state index < -0.39 is 21.9 Å². The molecule has 0 fully saturated rings. The van der Waals surface area contributed by atoms with Gasteiger partial charge < -0.3 is 10.1 Å². The minimum absolute atomic E-state index is 0.0750. The number of benzene rings is 3. The molecule has 0 aromatic heterocycles. The highest BCUT2D eigenvalue weighted by molar-refractivity contribution is 7.92. The van der Waals surface area contributed by atoms with E-state index in [0.29, 0.717) is 6.54 Å². The summed E-state index contributed by atoms with van der Waals surface area (Å²) in [4.78, 5) is 12.2. The first-order valence-corrected chi connectivity index (χ1v) is 12.2. The molecule has 4 rings (SSSR count). The van der Waals surface area contributed by atoms with Crippen LogP contribution in [0.3, 0.4) is 0 Å². The standard InChI is InChI=1S/C25H25FN2O4S/c26-21-10-5-11-22(15-21)28-33(30,31)23-12-13-24-19(14-23)8-4-9-20(24)16-27-25(29)32-17-18-6-2-1-3-7-18/h1-3,5-7,10-15,20,28H,4,8-9,16-17H2,(H,27,29). The summed E-state index contributed by atoms with van der Waals surface area (Å²) in [6, 6.07) is 19.8. The number of nitrogens with one attached hydrogen (secondary N) is 2. The molecule has 0 heterocycles. The molecule has 33 heavy (non-hydrogen) atoms. The van der Waals surface area contributed by atoms with Gasteiger partial charge in [-0.25, -0.2) is 17.6 Å². The molecule has 0 aliphatic heterocycles. The Morgan fingerprint density at radius 1 is 1.03 bits per heavy atom. The van der Waals surface area contributed by atoms with Crippen LogP contribution in [0.15, 0.2) is 77.7 Å². The van der Waals surface area contributed by atoms with Crippen LogP contribution in [0.25, 0.3) is 0 Å². The van der Waals surface area contributed by atoms with E-state index in [-0.39, 0.29) is 23.1 Å². The zero-order chi connectivity index (χ0) is 23.3. The molecule has 172 valence electrons. The van der Waals surface area contributed by atoms with E-state index in [2.05, 4.69) is 10.0 Å².